The highest BCUT2D eigenvalue weighted by Crippen LogP contribution is 2.19. The van der Waals surface area contributed by atoms with E-state index in [-0.39, 0.29) is 18.2 Å². The summed E-state index contributed by atoms with van der Waals surface area (Å²) in [5.41, 5.74) is 3.11. The quantitative estimate of drug-likeness (QED) is 0.386. The first-order valence-corrected chi connectivity index (χ1v) is 11.8. The first-order chi connectivity index (χ1) is 16.5. The number of benzene rings is 3. The van der Waals surface area contributed by atoms with Crippen molar-refractivity contribution < 1.29 is 14.3 Å². The van der Waals surface area contributed by atoms with Crippen molar-refractivity contribution in [3.05, 3.63) is 101 Å². The summed E-state index contributed by atoms with van der Waals surface area (Å²) in [6, 6.07) is 24.3. The number of ether oxygens (including phenoxy) is 1. The molecule has 0 radical (unpaired) electrons. The van der Waals surface area contributed by atoms with Crippen LogP contribution in [0.2, 0.25) is 5.02 Å². The number of amides is 2. The van der Waals surface area contributed by atoms with E-state index in [4.69, 9.17) is 16.3 Å². The molecule has 34 heavy (non-hydrogen) atoms. The molecule has 3 aromatic carbocycles. The van der Waals surface area contributed by atoms with Crippen molar-refractivity contribution in [2.45, 2.75) is 38.8 Å². The maximum absolute atomic E-state index is 13.4. The summed E-state index contributed by atoms with van der Waals surface area (Å²) in [7, 11) is 1.61. The zero-order valence-corrected chi connectivity index (χ0v) is 20.4. The fourth-order valence-corrected chi connectivity index (χ4v) is 3.91. The Balaban J connectivity index is 1.75. The van der Waals surface area contributed by atoms with Crippen LogP contribution < -0.4 is 10.1 Å². The maximum atomic E-state index is 13.4. The van der Waals surface area contributed by atoms with Gasteiger partial charge in [0.1, 0.15) is 11.8 Å². The SMILES string of the molecule is CNC(=O)C(Cc1ccccc1)N(Cc1ccccc1C)C(=O)CCCOc1ccc(Cl)cc1. The summed E-state index contributed by atoms with van der Waals surface area (Å²) >= 11 is 5.91. The van der Waals surface area contributed by atoms with Gasteiger partial charge in [-0.15, -0.1) is 0 Å². The van der Waals surface area contributed by atoms with Crippen molar-refractivity contribution in [2.75, 3.05) is 13.7 Å². The number of carbonyl (C=O) groups excluding carboxylic acids is 2. The molecule has 5 nitrogen and oxygen atoms in total. The van der Waals surface area contributed by atoms with Crippen LogP contribution in [0.1, 0.15) is 29.5 Å². The zero-order chi connectivity index (χ0) is 24.3. The normalized spacial score (nSPS) is 11.5. The molecule has 0 heterocycles. The van der Waals surface area contributed by atoms with Gasteiger partial charge in [0.25, 0.3) is 0 Å². The third-order valence-corrected chi connectivity index (χ3v) is 5.99. The molecule has 1 N–H and O–H groups in total. The maximum Gasteiger partial charge on any atom is 0.242 e. The summed E-state index contributed by atoms with van der Waals surface area (Å²) < 4.78 is 5.74. The Kier molecular flexibility index (Phi) is 9.53. The summed E-state index contributed by atoms with van der Waals surface area (Å²) in [5, 5.41) is 3.39. The van der Waals surface area contributed by atoms with Crippen LogP contribution in [0.3, 0.4) is 0 Å². The molecule has 3 rings (SSSR count). The van der Waals surface area contributed by atoms with Gasteiger partial charge in [0.05, 0.1) is 6.61 Å². The van der Waals surface area contributed by atoms with Crippen molar-refractivity contribution in [2.24, 2.45) is 0 Å². The van der Waals surface area contributed by atoms with E-state index in [0.717, 1.165) is 16.7 Å². The van der Waals surface area contributed by atoms with Crippen molar-refractivity contribution in [1.82, 2.24) is 10.2 Å². The van der Waals surface area contributed by atoms with Crippen LogP contribution >= 0.6 is 11.6 Å². The zero-order valence-electron chi connectivity index (χ0n) is 19.7. The van der Waals surface area contributed by atoms with Crippen LogP contribution in [0.4, 0.5) is 0 Å². The van der Waals surface area contributed by atoms with E-state index in [0.29, 0.717) is 36.8 Å². The molecule has 3 aromatic rings. The Hall–Kier alpha value is -3.31. The van der Waals surface area contributed by atoms with Crippen LogP contribution in [-0.2, 0) is 22.6 Å². The molecule has 0 fully saturated rings. The third-order valence-electron chi connectivity index (χ3n) is 5.74. The summed E-state index contributed by atoms with van der Waals surface area (Å²) in [6.45, 7) is 2.79. The van der Waals surface area contributed by atoms with Crippen molar-refractivity contribution >= 4 is 23.4 Å². The van der Waals surface area contributed by atoms with Crippen LogP contribution in [0.5, 0.6) is 5.75 Å². The van der Waals surface area contributed by atoms with Crippen molar-refractivity contribution in [3.8, 4) is 5.75 Å². The van der Waals surface area contributed by atoms with Gasteiger partial charge in [0.2, 0.25) is 11.8 Å². The molecule has 178 valence electrons. The molecule has 0 saturated heterocycles. The first kappa shape index (κ1) is 25.3. The van der Waals surface area contributed by atoms with Gasteiger partial charge in [-0.25, -0.2) is 0 Å². The van der Waals surface area contributed by atoms with Crippen molar-refractivity contribution in [1.29, 1.82) is 0 Å². The molecule has 0 aromatic heterocycles. The monoisotopic (exact) mass is 478 g/mol. The highest BCUT2D eigenvalue weighted by atomic mass is 35.5. The van der Waals surface area contributed by atoms with Crippen molar-refractivity contribution in [3.63, 3.8) is 0 Å². The van der Waals surface area contributed by atoms with E-state index in [9.17, 15) is 9.59 Å². The van der Waals surface area contributed by atoms with E-state index in [2.05, 4.69) is 5.32 Å². The van der Waals surface area contributed by atoms with Gasteiger partial charge in [-0.3, -0.25) is 9.59 Å². The van der Waals surface area contributed by atoms with Crippen LogP contribution in [0.25, 0.3) is 0 Å². The molecular weight excluding hydrogens is 448 g/mol. The average Bonchev–Trinajstić information content (AvgIpc) is 2.86. The summed E-state index contributed by atoms with van der Waals surface area (Å²) in [6.07, 6.45) is 1.26. The van der Waals surface area contributed by atoms with Gasteiger partial charge in [-0.05, 0) is 54.3 Å². The Morgan fingerprint density at radius 1 is 0.971 bits per heavy atom. The lowest BCUT2D eigenvalue weighted by molar-refractivity contribution is -0.141. The largest absolute Gasteiger partial charge is 0.494 e. The lowest BCUT2D eigenvalue weighted by Gasteiger charge is -2.31. The average molecular weight is 479 g/mol. The molecule has 1 atom stereocenters. The predicted molar refractivity (Wildman–Crippen MR) is 136 cm³/mol. The highest BCUT2D eigenvalue weighted by Gasteiger charge is 2.29. The van der Waals surface area contributed by atoms with E-state index in [1.807, 2.05) is 61.5 Å². The minimum Gasteiger partial charge on any atom is -0.494 e. The second-order valence-electron chi connectivity index (χ2n) is 8.17. The highest BCUT2D eigenvalue weighted by molar-refractivity contribution is 6.30. The van der Waals surface area contributed by atoms with Gasteiger partial charge >= 0.3 is 0 Å². The number of nitrogens with one attached hydrogen (secondary N) is 1. The molecular formula is C28H31ClN2O3. The third kappa shape index (κ3) is 7.35. The van der Waals surface area contributed by atoms with Gasteiger partial charge in [0, 0.05) is 31.5 Å². The fraction of sp³-hybridized carbons (Fsp3) is 0.286. The topological polar surface area (TPSA) is 58.6 Å². The fourth-order valence-electron chi connectivity index (χ4n) is 3.78. The number of aryl methyl sites for hydroxylation is 1. The number of nitrogens with zero attached hydrogens (tertiary/aromatic N) is 1. The minimum absolute atomic E-state index is 0.0764. The molecule has 2 amide bonds. The molecule has 0 bridgehead atoms. The number of carbonyl (C=O) groups is 2. The van der Waals surface area contributed by atoms with Crippen LogP contribution in [-0.4, -0.2) is 36.4 Å². The lowest BCUT2D eigenvalue weighted by atomic mass is 10.0. The van der Waals surface area contributed by atoms with Crippen LogP contribution in [0, 0.1) is 6.92 Å². The van der Waals surface area contributed by atoms with Gasteiger partial charge in [-0.1, -0.05) is 66.2 Å². The lowest BCUT2D eigenvalue weighted by Crippen LogP contribution is -2.49. The smallest absolute Gasteiger partial charge is 0.242 e. The van der Waals surface area contributed by atoms with Crippen LogP contribution in [0.15, 0.2) is 78.9 Å². The number of likely N-dealkylation sites (N-methyl/N-ethyl adjacent to an activating group) is 1. The Bertz CT molecular complexity index is 1070. The van der Waals surface area contributed by atoms with Gasteiger partial charge in [0.15, 0.2) is 0 Å². The van der Waals surface area contributed by atoms with E-state index >= 15 is 0 Å². The second-order valence-corrected chi connectivity index (χ2v) is 8.61. The molecule has 0 spiro atoms. The number of rotatable bonds is 11. The number of halogens is 1. The Morgan fingerprint density at radius 2 is 1.65 bits per heavy atom. The Morgan fingerprint density at radius 3 is 2.32 bits per heavy atom. The van der Waals surface area contributed by atoms with Gasteiger partial charge in [-0.2, -0.15) is 0 Å². The standard InChI is InChI=1S/C28H31ClN2O3/c1-21-9-6-7-12-23(21)20-31(26(28(33)30-2)19-22-10-4-3-5-11-22)27(32)13-8-18-34-25-16-14-24(29)15-17-25/h3-7,9-12,14-17,26H,8,13,18-20H2,1-2H3,(H,30,33). The second kappa shape index (κ2) is 12.8. The Labute approximate surface area is 206 Å². The summed E-state index contributed by atoms with van der Waals surface area (Å²) in [4.78, 5) is 28.1. The first-order valence-electron chi connectivity index (χ1n) is 11.5. The molecule has 0 aliphatic carbocycles. The molecule has 6 heteroatoms. The van der Waals surface area contributed by atoms with E-state index in [1.165, 1.54) is 0 Å². The molecule has 0 aliphatic rings. The summed E-state index contributed by atoms with van der Waals surface area (Å²) in [5.74, 6) is 0.455. The van der Waals surface area contributed by atoms with E-state index < -0.39 is 6.04 Å². The number of hydrogen-bond donors (Lipinski definition) is 1. The predicted octanol–water partition coefficient (Wildman–Crippen LogP) is 5.19. The van der Waals surface area contributed by atoms with Gasteiger partial charge < -0.3 is 15.0 Å². The molecule has 1 unspecified atom stereocenters. The minimum atomic E-state index is -0.614. The molecule has 0 aliphatic heterocycles. The molecule has 0 saturated carbocycles. The van der Waals surface area contributed by atoms with E-state index in [1.54, 1.807) is 36.2 Å². The number of hydrogen-bond acceptors (Lipinski definition) is 3.